The number of nitrogens with one attached hydrogen (secondary N) is 2. The highest BCUT2D eigenvalue weighted by molar-refractivity contribution is 5.65. The van der Waals surface area contributed by atoms with E-state index in [9.17, 15) is 13.2 Å². The molecule has 0 unspecified atom stereocenters. The van der Waals surface area contributed by atoms with Crippen LogP contribution in [0.15, 0.2) is 18.6 Å². The number of alkyl halides is 3. The highest BCUT2D eigenvalue weighted by Gasteiger charge is 2.25. The maximum Gasteiger partial charge on any atom is 0.389 e. The highest BCUT2D eigenvalue weighted by Crippen LogP contribution is 2.21. The topological polar surface area (TPSA) is 54.2 Å². The largest absolute Gasteiger partial charge is 0.389 e. The zero-order valence-electron chi connectivity index (χ0n) is 10.3. The minimum atomic E-state index is -4.12. The van der Waals surface area contributed by atoms with Crippen molar-refractivity contribution < 1.29 is 13.2 Å². The second-order valence-electron chi connectivity index (χ2n) is 4.03. The standard InChI is InChI=1S/C11H14F3N5/c1-15-8-7-19-6-5-17-10(19)9(18-8)16-4-2-3-11(12,13)14/h5-7,15H,2-4H2,1H3,(H,16,18). The number of halogens is 3. The molecule has 19 heavy (non-hydrogen) atoms. The van der Waals surface area contributed by atoms with E-state index in [1.54, 1.807) is 30.0 Å². The van der Waals surface area contributed by atoms with Gasteiger partial charge < -0.3 is 15.0 Å². The van der Waals surface area contributed by atoms with Crippen LogP contribution in [0.5, 0.6) is 0 Å². The molecule has 2 aromatic heterocycles. The van der Waals surface area contributed by atoms with Crippen LogP contribution in [0.4, 0.5) is 24.8 Å². The summed E-state index contributed by atoms with van der Waals surface area (Å²) in [5, 5.41) is 5.77. The van der Waals surface area contributed by atoms with E-state index in [1.165, 1.54) is 0 Å². The monoisotopic (exact) mass is 273 g/mol. The van der Waals surface area contributed by atoms with Crippen LogP contribution in [0.25, 0.3) is 5.65 Å². The molecule has 5 nitrogen and oxygen atoms in total. The van der Waals surface area contributed by atoms with Gasteiger partial charge in [0.15, 0.2) is 11.5 Å². The molecule has 0 aliphatic rings. The highest BCUT2D eigenvalue weighted by atomic mass is 19.4. The molecule has 2 heterocycles. The molecule has 0 aromatic carbocycles. The Bertz CT molecular complexity index is 549. The number of anilines is 2. The Morgan fingerprint density at radius 1 is 1.37 bits per heavy atom. The van der Waals surface area contributed by atoms with Gasteiger partial charge in [-0.05, 0) is 6.42 Å². The molecule has 2 rings (SSSR count). The second kappa shape index (κ2) is 5.33. The lowest BCUT2D eigenvalue weighted by Crippen LogP contribution is -2.12. The van der Waals surface area contributed by atoms with Crippen LogP contribution in [0.3, 0.4) is 0 Å². The van der Waals surface area contributed by atoms with Gasteiger partial charge in [0.05, 0.1) is 6.20 Å². The summed E-state index contributed by atoms with van der Waals surface area (Å²) in [6.45, 7) is 0.197. The molecular weight excluding hydrogens is 259 g/mol. The molecule has 0 aliphatic carbocycles. The van der Waals surface area contributed by atoms with E-state index in [4.69, 9.17) is 0 Å². The van der Waals surface area contributed by atoms with Crippen LogP contribution in [0, 0.1) is 0 Å². The number of imidazole rings is 1. The molecular formula is C11H14F3N5. The number of hydrogen-bond donors (Lipinski definition) is 2. The first-order valence-electron chi connectivity index (χ1n) is 5.82. The van der Waals surface area contributed by atoms with Gasteiger partial charge in [0.1, 0.15) is 5.82 Å². The SMILES string of the molecule is CNc1cn2ccnc2c(NCCCC(F)(F)F)n1. The third-order valence-electron chi connectivity index (χ3n) is 2.56. The Morgan fingerprint density at radius 2 is 2.16 bits per heavy atom. The number of fused-ring (bicyclic) bond motifs is 1. The molecule has 104 valence electrons. The lowest BCUT2D eigenvalue weighted by atomic mass is 10.3. The van der Waals surface area contributed by atoms with Gasteiger partial charge in [-0.25, -0.2) is 9.97 Å². The van der Waals surface area contributed by atoms with E-state index >= 15 is 0 Å². The van der Waals surface area contributed by atoms with Crippen molar-refractivity contribution in [2.45, 2.75) is 19.0 Å². The van der Waals surface area contributed by atoms with Crippen LogP contribution >= 0.6 is 0 Å². The summed E-state index contributed by atoms with van der Waals surface area (Å²) in [7, 11) is 1.72. The summed E-state index contributed by atoms with van der Waals surface area (Å²) in [5.74, 6) is 1.09. The van der Waals surface area contributed by atoms with Gasteiger partial charge in [0.25, 0.3) is 0 Å². The summed E-state index contributed by atoms with van der Waals surface area (Å²) in [4.78, 5) is 8.35. The predicted molar refractivity (Wildman–Crippen MR) is 66.3 cm³/mol. The van der Waals surface area contributed by atoms with E-state index in [0.29, 0.717) is 17.3 Å². The van der Waals surface area contributed by atoms with E-state index < -0.39 is 12.6 Å². The molecule has 0 aliphatic heterocycles. The first kappa shape index (κ1) is 13.4. The second-order valence-corrected chi connectivity index (χ2v) is 4.03. The molecule has 8 heteroatoms. The molecule has 0 atom stereocenters. The summed E-state index contributed by atoms with van der Waals surface area (Å²) < 4.78 is 37.9. The fraction of sp³-hybridized carbons (Fsp3) is 0.455. The zero-order valence-corrected chi connectivity index (χ0v) is 10.3. The van der Waals surface area contributed by atoms with Crippen molar-refractivity contribution in [1.29, 1.82) is 0 Å². The first-order chi connectivity index (χ1) is 8.99. The average molecular weight is 273 g/mol. The fourth-order valence-corrected chi connectivity index (χ4v) is 1.67. The third kappa shape index (κ3) is 3.49. The average Bonchev–Trinajstić information content (AvgIpc) is 2.81. The van der Waals surface area contributed by atoms with Gasteiger partial charge in [-0.2, -0.15) is 13.2 Å². The fourth-order valence-electron chi connectivity index (χ4n) is 1.67. The van der Waals surface area contributed by atoms with Crippen LogP contribution < -0.4 is 10.6 Å². The summed E-state index contributed by atoms with van der Waals surface area (Å²) in [5.41, 5.74) is 0.589. The number of nitrogens with zero attached hydrogens (tertiary/aromatic N) is 3. The normalized spacial score (nSPS) is 11.8. The first-order valence-corrected chi connectivity index (χ1v) is 5.82. The third-order valence-corrected chi connectivity index (χ3v) is 2.56. The Hall–Kier alpha value is -1.99. The summed E-state index contributed by atoms with van der Waals surface area (Å²) in [6, 6.07) is 0. The van der Waals surface area contributed by atoms with Gasteiger partial charge in [-0.3, -0.25) is 0 Å². The van der Waals surface area contributed by atoms with Crippen molar-refractivity contribution in [1.82, 2.24) is 14.4 Å². The maximum atomic E-state index is 12.0. The van der Waals surface area contributed by atoms with Crippen molar-refractivity contribution in [2.24, 2.45) is 0 Å². The van der Waals surface area contributed by atoms with Crippen LogP contribution in [0.2, 0.25) is 0 Å². The molecule has 2 N–H and O–H groups in total. The van der Waals surface area contributed by atoms with E-state index in [2.05, 4.69) is 20.6 Å². The van der Waals surface area contributed by atoms with Gasteiger partial charge in [-0.15, -0.1) is 0 Å². The van der Waals surface area contributed by atoms with Crippen molar-refractivity contribution in [3.63, 3.8) is 0 Å². The van der Waals surface area contributed by atoms with Gasteiger partial charge in [0, 0.05) is 32.4 Å². The van der Waals surface area contributed by atoms with E-state index in [0.717, 1.165) is 0 Å². The Balaban J connectivity index is 2.05. The number of rotatable bonds is 5. The van der Waals surface area contributed by atoms with Crippen molar-refractivity contribution in [2.75, 3.05) is 24.2 Å². The minimum absolute atomic E-state index is 0.00182. The molecule has 0 fully saturated rings. The lowest BCUT2D eigenvalue weighted by molar-refractivity contribution is -0.134. The van der Waals surface area contributed by atoms with Crippen LogP contribution in [-0.2, 0) is 0 Å². The molecule has 0 saturated heterocycles. The Kier molecular flexibility index (Phi) is 3.77. The Morgan fingerprint density at radius 3 is 2.84 bits per heavy atom. The molecule has 0 spiro atoms. The predicted octanol–water partition coefficient (Wildman–Crippen LogP) is 2.53. The zero-order chi connectivity index (χ0) is 13.9. The maximum absolute atomic E-state index is 12.0. The molecule has 0 saturated carbocycles. The van der Waals surface area contributed by atoms with Crippen molar-refractivity contribution in [3.05, 3.63) is 18.6 Å². The lowest BCUT2D eigenvalue weighted by Gasteiger charge is -2.10. The van der Waals surface area contributed by atoms with Crippen LogP contribution in [0.1, 0.15) is 12.8 Å². The minimum Gasteiger partial charge on any atom is -0.372 e. The van der Waals surface area contributed by atoms with E-state index in [-0.39, 0.29) is 13.0 Å². The van der Waals surface area contributed by atoms with Gasteiger partial charge >= 0.3 is 6.18 Å². The van der Waals surface area contributed by atoms with Gasteiger partial charge in [-0.1, -0.05) is 0 Å². The van der Waals surface area contributed by atoms with E-state index in [1.807, 2.05) is 0 Å². The number of aromatic nitrogens is 3. The molecule has 0 radical (unpaired) electrons. The molecule has 0 bridgehead atoms. The smallest absolute Gasteiger partial charge is 0.372 e. The molecule has 2 aromatic rings. The molecule has 0 amide bonds. The summed E-state index contributed by atoms with van der Waals surface area (Å²) in [6.07, 6.45) is 0.183. The number of hydrogen-bond acceptors (Lipinski definition) is 4. The van der Waals surface area contributed by atoms with Gasteiger partial charge in [0.2, 0.25) is 0 Å². The Labute approximate surface area is 107 Å². The van der Waals surface area contributed by atoms with Crippen LogP contribution in [-0.4, -0.2) is 34.1 Å². The van der Waals surface area contributed by atoms with Crippen molar-refractivity contribution in [3.8, 4) is 0 Å². The quantitative estimate of drug-likeness (QED) is 0.822. The van der Waals surface area contributed by atoms with Crippen molar-refractivity contribution >= 4 is 17.3 Å². The summed E-state index contributed by atoms with van der Waals surface area (Å²) >= 11 is 0.